The Morgan fingerprint density at radius 1 is 1.16 bits per heavy atom. The SMILES string of the molecule is COC(=O)CCCCCCN1C(O)CC[C@@H]1/C=C/[C@@H](O)C(C)CCCc1ccccc1. The van der Waals surface area contributed by atoms with Crippen molar-refractivity contribution in [2.75, 3.05) is 13.7 Å². The van der Waals surface area contributed by atoms with Gasteiger partial charge in [-0.3, -0.25) is 9.69 Å². The van der Waals surface area contributed by atoms with Gasteiger partial charge in [-0.25, -0.2) is 0 Å². The number of carbonyl (C=O) groups excluding carboxylic acids is 1. The lowest BCUT2D eigenvalue weighted by molar-refractivity contribution is -0.140. The second-order valence-electron chi connectivity index (χ2n) is 8.83. The number of nitrogens with zero attached hydrogens (tertiary/aromatic N) is 1. The minimum Gasteiger partial charge on any atom is -0.469 e. The van der Waals surface area contributed by atoms with Gasteiger partial charge in [-0.2, -0.15) is 0 Å². The molecule has 4 atom stereocenters. The maximum absolute atomic E-state index is 11.1. The fourth-order valence-corrected chi connectivity index (χ4v) is 4.29. The number of hydrogen-bond acceptors (Lipinski definition) is 5. The zero-order valence-corrected chi connectivity index (χ0v) is 19.3. The van der Waals surface area contributed by atoms with Gasteiger partial charge in [-0.15, -0.1) is 0 Å². The highest BCUT2D eigenvalue weighted by atomic mass is 16.5. The van der Waals surface area contributed by atoms with E-state index < -0.39 is 12.3 Å². The van der Waals surface area contributed by atoms with Crippen molar-refractivity contribution in [3.8, 4) is 0 Å². The van der Waals surface area contributed by atoms with E-state index in [0.29, 0.717) is 6.42 Å². The van der Waals surface area contributed by atoms with Crippen LogP contribution in [0.4, 0.5) is 0 Å². The summed E-state index contributed by atoms with van der Waals surface area (Å²) in [5, 5.41) is 20.9. The van der Waals surface area contributed by atoms with Crippen LogP contribution in [-0.2, 0) is 16.0 Å². The molecule has 2 rings (SSSR count). The first-order valence-electron chi connectivity index (χ1n) is 11.9. The van der Waals surface area contributed by atoms with Gasteiger partial charge >= 0.3 is 5.97 Å². The van der Waals surface area contributed by atoms with Gasteiger partial charge in [0.25, 0.3) is 0 Å². The minimum absolute atomic E-state index is 0.145. The Hall–Kier alpha value is -1.69. The summed E-state index contributed by atoms with van der Waals surface area (Å²) in [5.74, 6) is 0.0718. The van der Waals surface area contributed by atoms with Crippen LogP contribution in [0.5, 0.6) is 0 Å². The maximum Gasteiger partial charge on any atom is 0.305 e. The van der Waals surface area contributed by atoms with E-state index in [-0.39, 0.29) is 17.9 Å². The molecule has 31 heavy (non-hydrogen) atoms. The van der Waals surface area contributed by atoms with Crippen molar-refractivity contribution in [1.29, 1.82) is 0 Å². The van der Waals surface area contributed by atoms with E-state index in [9.17, 15) is 15.0 Å². The summed E-state index contributed by atoms with van der Waals surface area (Å²) < 4.78 is 4.66. The fraction of sp³-hybridized carbons (Fsp3) is 0.654. The lowest BCUT2D eigenvalue weighted by Gasteiger charge is -2.26. The van der Waals surface area contributed by atoms with Crippen LogP contribution in [-0.4, -0.2) is 53.1 Å². The van der Waals surface area contributed by atoms with Gasteiger partial charge in [-0.05, 0) is 56.4 Å². The molecule has 1 fully saturated rings. The summed E-state index contributed by atoms with van der Waals surface area (Å²) in [5.41, 5.74) is 1.35. The number of ether oxygens (including phenoxy) is 1. The van der Waals surface area contributed by atoms with E-state index in [1.807, 2.05) is 12.1 Å². The molecule has 1 aliphatic heterocycles. The molecule has 1 aromatic rings. The monoisotopic (exact) mass is 431 g/mol. The molecule has 5 nitrogen and oxygen atoms in total. The van der Waals surface area contributed by atoms with Gasteiger partial charge in [0.15, 0.2) is 0 Å². The van der Waals surface area contributed by atoms with Crippen LogP contribution in [0.15, 0.2) is 42.5 Å². The highest BCUT2D eigenvalue weighted by Gasteiger charge is 2.29. The van der Waals surface area contributed by atoms with Crippen molar-refractivity contribution in [3.05, 3.63) is 48.0 Å². The number of methoxy groups -OCH3 is 1. The zero-order valence-electron chi connectivity index (χ0n) is 19.3. The summed E-state index contributed by atoms with van der Waals surface area (Å²) in [6, 6.07) is 10.7. The maximum atomic E-state index is 11.1. The average Bonchev–Trinajstić information content (AvgIpc) is 3.14. The Morgan fingerprint density at radius 2 is 1.90 bits per heavy atom. The van der Waals surface area contributed by atoms with Crippen LogP contribution < -0.4 is 0 Å². The number of aryl methyl sites for hydroxylation is 1. The zero-order chi connectivity index (χ0) is 22.5. The summed E-state index contributed by atoms with van der Waals surface area (Å²) >= 11 is 0. The number of hydrogen-bond donors (Lipinski definition) is 2. The van der Waals surface area contributed by atoms with Crippen molar-refractivity contribution >= 4 is 5.97 Å². The predicted molar refractivity (Wildman–Crippen MR) is 125 cm³/mol. The van der Waals surface area contributed by atoms with Crippen molar-refractivity contribution in [3.63, 3.8) is 0 Å². The Kier molecular flexibility index (Phi) is 11.9. The van der Waals surface area contributed by atoms with Crippen molar-refractivity contribution in [2.24, 2.45) is 5.92 Å². The third-order valence-electron chi connectivity index (χ3n) is 6.39. The molecule has 0 bridgehead atoms. The Morgan fingerprint density at radius 3 is 2.65 bits per heavy atom. The highest BCUT2D eigenvalue weighted by molar-refractivity contribution is 5.68. The molecule has 0 radical (unpaired) electrons. The molecule has 1 heterocycles. The Balaban J connectivity index is 1.68. The predicted octanol–water partition coefficient (Wildman–Crippen LogP) is 4.47. The molecular weight excluding hydrogens is 390 g/mol. The normalized spacial score (nSPS) is 21.4. The number of esters is 1. The number of benzene rings is 1. The number of aliphatic hydroxyl groups excluding tert-OH is 2. The van der Waals surface area contributed by atoms with E-state index in [0.717, 1.165) is 64.3 Å². The van der Waals surface area contributed by atoms with Gasteiger partial charge in [0.05, 0.1) is 13.2 Å². The minimum atomic E-state index is -0.450. The second-order valence-corrected chi connectivity index (χ2v) is 8.83. The molecule has 2 N–H and O–H groups in total. The van der Waals surface area contributed by atoms with Gasteiger partial charge < -0.3 is 14.9 Å². The third kappa shape index (κ3) is 9.55. The first-order chi connectivity index (χ1) is 15.0. The second kappa shape index (κ2) is 14.4. The molecule has 0 amide bonds. The van der Waals surface area contributed by atoms with Gasteiger partial charge in [0, 0.05) is 19.0 Å². The lowest BCUT2D eigenvalue weighted by atomic mass is 9.95. The van der Waals surface area contributed by atoms with E-state index in [1.54, 1.807) is 0 Å². The number of rotatable bonds is 14. The van der Waals surface area contributed by atoms with Crippen LogP contribution in [0.25, 0.3) is 0 Å². The van der Waals surface area contributed by atoms with Crippen LogP contribution >= 0.6 is 0 Å². The van der Waals surface area contributed by atoms with Crippen molar-refractivity contribution < 1.29 is 19.7 Å². The van der Waals surface area contributed by atoms with Gasteiger partial charge in [-0.1, -0.05) is 62.2 Å². The topological polar surface area (TPSA) is 70.0 Å². The largest absolute Gasteiger partial charge is 0.469 e. The number of carbonyl (C=O) groups is 1. The quantitative estimate of drug-likeness (QED) is 0.258. The average molecular weight is 432 g/mol. The molecule has 174 valence electrons. The van der Waals surface area contributed by atoms with Crippen LogP contribution in [0.2, 0.25) is 0 Å². The van der Waals surface area contributed by atoms with Crippen LogP contribution in [0, 0.1) is 5.92 Å². The summed E-state index contributed by atoms with van der Waals surface area (Å²) in [7, 11) is 1.42. The fourth-order valence-electron chi connectivity index (χ4n) is 4.29. The Labute approximate surface area is 188 Å². The number of unbranched alkanes of at least 4 members (excludes halogenated alkanes) is 3. The van der Waals surface area contributed by atoms with E-state index in [1.165, 1.54) is 12.7 Å². The Bertz CT molecular complexity index is 648. The molecule has 5 heteroatoms. The number of aliphatic hydroxyl groups is 2. The van der Waals surface area contributed by atoms with Crippen LogP contribution in [0.1, 0.15) is 70.3 Å². The molecule has 1 aromatic carbocycles. The molecule has 0 saturated carbocycles. The van der Waals surface area contributed by atoms with Crippen LogP contribution in [0.3, 0.4) is 0 Å². The van der Waals surface area contributed by atoms with Crippen molar-refractivity contribution in [2.45, 2.75) is 89.5 Å². The summed E-state index contributed by atoms with van der Waals surface area (Å²) in [4.78, 5) is 13.3. The molecule has 0 aliphatic carbocycles. The molecule has 2 unspecified atom stereocenters. The standard InChI is InChI=1S/C26H41NO4/c1-21(11-10-14-22-12-6-5-7-13-22)24(28)18-16-23-17-19-25(29)27(23)20-9-4-3-8-15-26(30)31-2/h5-7,12-13,16,18,21,23-25,28-29H,3-4,8-11,14-15,17,19-20H2,1-2H3/b18-16+/t21?,23-,24+,25?/m0/s1. The molecule has 0 spiro atoms. The smallest absolute Gasteiger partial charge is 0.305 e. The molecule has 1 saturated heterocycles. The molecular formula is C26H41NO4. The highest BCUT2D eigenvalue weighted by Crippen LogP contribution is 2.25. The first-order valence-corrected chi connectivity index (χ1v) is 11.9. The summed E-state index contributed by atoms with van der Waals surface area (Å²) in [6.45, 7) is 2.95. The van der Waals surface area contributed by atoms with Gasteiger partial charge in [0.1, 0.15) is 6.23 Å². The van der Waals surface area contributed by atoms with E-state index in [2.05, 4.69) is 46.9 Å². The van der Waals surface area contributed by atoms with Gasteiger partial charge in [0.2, 0.25) is 0 Å². The lowest BCUT2D eigenvalue weighted by Crippen LogP contribution is -2.36. The van der Waals surface area contributed by atoms with Crippen molar-refractivity contribution in [1.82, 2.24) is 4.90 Å². The first kappa shape index (κ1) is 25.6. The molecule has 1 aliphatic rings. The number of likely N-dealkylation sites (tertiary alicyclic amines) is 1. The summed E-state index contributed by atoms with van der Waals surface area (Å²) in [6.07, 6.45) is 12.4. The molecule has 0 aromatic heterocycles. The third-order valence-corrected chi connectivity index (χ3v) is 6.39. The van der Waals surface area contributed by atoms with E-state index in [4.69, 9.17) is 0 Å². The van der Waals surface area contributed by atoms with E-state index >= 15 is 0 Å².